The third-order valence-electron chi connectivity index (χ3n) is 4.59. The van der Waals surface area contributed by atoms with Gasteiger partial charge in [0, 0.05) is 37.4 Å². The van der Waals surface area contributed by atoms with Gasteiger partial charge in [0.25, 0.3) is 5.91 Å². The number of piperazine rings is 1. The van der Waals surface area contributed by atoms with Gasteiger partial charge in [0.15, 0.2) is 0 Å². The minimum absolute atomic E-state index is 0.0837. The Hall–Kier alpha value is -2.89. The summed E-state index contributed by atoms with van der Waals surface area (Å²) < 4.78 is 13.5. The first kappa shape index (κ1) is 17.9. The van der Waals surface area contributed by atoms with E-state index in [1.54, 1.807) is 24.0 Å². The van der Waals surface area contributed by atoms with E-state index in [0.717, 1.165) is 18.8 Å². The molecule has 5 nitrogen and oxygen atoms in total. The van der Waals surface area contributed by atoms with Crippen LogP contribution in [0.5, 0.6) is 0 Å². The van der Waals surface area contributed by atoms with E-state index < -0.39 is 11.7 Å². The van der Waals surface area contributed by atoms with Crippen LogP contribution in [0.1, 0.15) is 15.9 Å². The van der Waals surface area contributed by atoms with Crippen molar-refractivity contribution in [2.24, 2.45) is 0 Å². The van der Waals surface area contributed by atoms with Gasteiger partial charge in [-0.25, -0.2) is 4.39 Å². The molecule has 2 aromatic rings. The lowest BCUT2D eigenvalue weighted by Gasteiger charge is -2.36. The molecule has 136 valence electrons. The molecule has 0 saturated carbocycles. The maximum absolute atomic E-state index is 13.5. The molecule has 0 aliphatic carbocycles. The van der Waals surface area contributed by atoms with Gasteiger partial charge in [0.05, 0.1) is 6.54 Å². The summed E-state index contributed by atoms with van der Waals surface area (Å²) in [5.41, 5.74) is 1.85. The summed E-state index contributed by atoms with van der Waals surface area (Å²) >= 11 is 0. The zero-order chi connectivity index (χ0) is 18.5. The van der Waals surface area contributed by atoms with E-state index in [1.807, 2.05) is 18.2 Å². The molecule has 1 saturated heterocycles. The van der Waals surface area contributed by atoms with Gasteiger partial charge >= 0.3 is 0 Å². The van der Waals surface area contributed by atoms with Gasteiger partial charge in [-0.2, -0.15) is 0 Å². The zero-order valence-corrected chi connectivity index (χ0v) is 14.7. The van der Waals surface area contributed by atoms with Crippen molar-refractivity contribution < 1.29 is 14.0 Å². The highest BCUT2D eigenvalue weighted by Crippen LogP contribution is 2.15. The molecule has 0 aromatic heterocycles. The molecular weight excluding hydrogens is 333 g/mol. The maximum atomic E-state index is 13.5. The largest absolute Gasteiger partial charge is 0.368 e. The molecule has 0 atom stereocenters. The molecule has 3 rings (SSSR count). The standard InChI is InChI=1S/C20H22FN3O2/c1-15-7-8-16(13-18(15)21)20(26)22-14-19(25)24-11-9-23(10-12-24)17-5-3-2-4-6-17/h2-8,13H,9-12,14H2,1H3,(H,22,26). The van der Waals surface area contributed by atoms with Crippen LogP contribution >= 0.6 is 0 Å². The van der Waals surface area contributed by atoms with Crippen molar-refractivity contribution in [1.82, 2.24) is 10.2 Å². The van der Waals surface area contributed by atoms with E-state index in [-0.39, 0.29) is 18.0 Å². The molecule has 1 N–H and O–H groups in total. The summed E-state index contributed by atoms with van der Waals surface area (Å²) in [4.78, 5) is 28.4. The number of para-hydroxylation sites is 1. The van der Waals surface area contributed by atoms with E-state index >= 15 is 0 Å². The summed E-state index contributed by atoms with van der Waals surface area (Å²) in [5, 5.41) is 2.58. The van der Waals surface area contributed by atoms with Crippen LogP contribution in [0.2, 0.25) is 0 Å². The Kier molecular flexibility index (Phi) is 5.51. The van der Waals surface area contributed by atoms with Crippen LogP contribution in [-0.4, -0.2) is 49.4 Å². The minimum atomic E-state index is -0.444. The number of benzene rings is 2. The fourth-order valence-corrected chi connectivity index (χ4v) is 2.96. The molecule has 2 amide bonds. The highest BCUT2D eigenvalue weighted by atomic mass is 19.1. The molecule has 0 unspecified atom stereocenters. The lowest BCUT2D eigenvalue weighted by molar-refractivity contribution is -0.130. The molecule has 0 radical (unpaired) electrons. The van der Waals surface area contributed by atoms with E-state index in [4.69, 9.17) is 0 Å². The number of anilines is 1. The Bertz CT molecular complexity index is 787. The quantitative estimate of drug-likeness (QED) is 0.915. The maximum Gasteiger partial charge on any atom is 0.251 e. The number of rotatable bonds is 4. The third-order valence-corrected chi connectivity index (χ3v) is 4.59. The molecule has 2 aromatic carbocycles. The van der Waals surface area contributed by atoms with Crippen LogP contribution in [0.3, 0.4) is 0 Å². The first-order valence-electron chi connectivity index (χ1n) is 8.67. The van der Waals surface area contributed by atoms with Crippen molar-refractivity contribution in [2.75, 3.05) is 37.6 Å². The molecule has 26 heavy (non-hydrogen) atoms. The number of carbonyl (C=O) groups excluding carboxylic acids is 2. The van der Waals surface area contributed by atoms with Gasteiger partial charge in [-0.05, 0) is 36.8 Å². The first-order valence-corrected chi connectivity index (χ1v) is 8.67. The minimum Gasteiger partial charge on any atom is -0.368 e. The Labute approximate surface area is 152 Å². The second kappa shape index (κ2) is 7.99. The van der Waals surface area contributed by atoms with Crippen molar-refractivity contribution >= 4 is 17.5 Å². The Morgan fingerprint density at radius 2 is 1.73 bits per heavy atom. The van der Waals surface area contributed by atoms with Gasteiger partial charge in [-0.1, -0.05) is 24.3 Å². The highest BCUT2D eigenvalue weighted by Gasteiger charge is 2.21. The Morgan fingerprint density at radius 1 is 1.04 bits per heavy atom. The molecule has 0 spiro atoms. The van der Waals surface area contributed by atoms with Crippen LogP contribution in [0.4, 0.5) is 10.1 Å². The van der Waals surface area contributed by atoms with E-state index in [1.165, 1.54) is 6.07 Å². The number of hydrogen-bond acceptors (Lipinski definition) is 3. The van der Waals surface area contributed by atoms with Gasteiger partial charge in [-0.3, -0.25) is 9.59 Å². The van der Waals surface area contributed by atoms with Crippen LogP contribution in [0.15, 0.2) is 48.5 Å². The normalized spacial score (nSPS) is 14.2. The molecule has 1 aliphatic rings. The predicted octanol–water partition coefficient (Wildman–Crippen LogP) is 2.21. The second-order valence-electron chi connectivity index (χ2n) is 6.35. The second-order valence-corrected chi connectivity index (χ2v) is 6.35. The third kappa shape index (κ3) is 4.20. The summed E-state index contributed by atoms with van der Waals surface area (Å²) in [6.07, 6.45) is 0. The number of halogens is 1. The molecule has 1 heterocycles. The van der Waals surface area contributed by atoms with E-state index in [9.17, 15) is 14.0 Å². The monoisotopic (exact) mass is 355 g/mol. The Balaban J connectivity index is 1.48. The SMILES string of the molecule is Cc1ccc(C(=O)NCC(=O)N2CCN(c3ccccc3)CC2)cc1F. The molecule has 0 bridgehead atoms. The van der Waals surface area contributed by atoms with Crippen molar-refractivity contribution in [2.45, 2.75) is 6.92 Å². The topological polar surface area (TPSA) is 52.7 Å². The number of aryl methyl sites for hydroxylation is 1. The highest BCUT2D eigenvalue weighted by molar-refractivity contribution is 5.96. The summed E-state index contributed by atoms with van der Waals surface area (Å²) in [7, 11) is 0. The zero-order valence-electron chi connectivity index (χ0n) is 14.7. The average molecular weight is 355 g/mol. The fraction of sp³-hybridized carbons (Fsp3) is 0.300. The smallest absolute Gasteiger partial charge is 0.251 e. The lowest BCUT2D eigenvalue weighted by Crippen LogP contribution is -2.51. The van der Waals surface area contributed by atoms with E-state index in [0.29, 0.717) is 18.7 Å². The predicted molar refractivity (Wildman–Crippen MR) is 98.7 cm³/mol. The average Bonchev–Trinajstić information content (AvgIpc) is 2.68. The van der Waals surface area contributed by atoms with Crippen LogP contribution < -0.4 is 10.2 Å². The molecule has 6 heteroatoms. The van der Waals surface area contributed by atoms with Gasteiger partial charge in [0.2, 0.25) is 5.91 Å². The molecular formula is C20H22FN3O2. The van der Waals surface area contributed by atoms with Crippen molar-refractivity contribution in [3.05, 3.63) is 65.5 Å². The Morgan fingerprint density at radius 3 is 2.38 bits per heavy atom. The summed E-state index contributed by atoms with van der Waals surface area (Å²) in [6, 6.07) is 14.4. The first-order chi connectivity index (χ1) is 12.5. The van der Waals surface area contributed by atoms with Crippen LogP contribution in [0, 0.1) is 12.7 Å². The molecule has 1 aliphatic heterocycles. The van der Waals surface area contributed by atoms with Crippen molar-refractivity contribution in [3.8, 4) is 0 Å². The number of hydrogen-bond donors (Lipinski definition) is 1. The summed E-state index contributed by atoms with van der Waals surface area (Å²) in [5.74, 6) is -1.00. The summed E-state index contributed by atoms with van der Waals surface area (Å²) in [6.45, 7) is 4.29. The van der Waals surface area contributed by atoms with Crippen LogP contribution in [0.25, 0.3) is 0 Å². The number of carbonyl (C=O) groups is 2. The number of nitrogens with one attached hydrogen (secondary N) is 1. The number of nitrogens with zero attached hydrogens (tertiary/aromatic N) is 2. The van der Waals surface area contributed by atoms with Gasteiger partial charge in [0.1, 0.15) is 5.82 Å². The lowest BCUT2D eigenvalue weighted by atomic mass is 10.1. The van der Waals surface area contributed by atoms with Crippen molar-refractivity contribution in [1.29, 1.82) is 0 Å². The van der Waals surface area contributed by atoms with Crippen molar-refractivity contribution in [3.63, 3.8) is 0 Å². The fourth-order valence-electron chi connectivity index (χ4n) is 2.96. The van der Waals surface area contributed by atoms with Crippen LogP contribution in [-0.2, 0) is 4.79 Å². The number of amides is 2. The van der Waals surface area contributed by atoms with Gasteiger partial charge < -0.3 is 15.1 Å². The molecule has 1 fully saturated rings. The van der Waals surface area contributed by atoms with E-state index in [2.05, 4.69) is 22.3 Å². The van der Waals surface area contributed by atoms with Gasteiger partial charge in [-0.15, -0.1) is 0 Å².